The first-order valence-corrected chi connectivity index (χ1v) is 6.40. The maximum absolute atomic E-state index is 12.4. The SMILES string of the molecule is Cc1c(C(=O)O)cccc1C(=O)N1CC[C@@H](O)[C@@H](O)C1. The Hall–Kier alpha value is -1.92. The normalized spacial score (nSPS) is 22.6. The van der Waals surface area contributed by atoms with E-state index in [1.54, 1.807) is 13.0 Å². The quantitative estimate of drug-likeness (QED) is 0.721. The number of benzene rings is 1. The number of amides is 1. The summed E-state index contributed by atoms with van der Waals surface area (Å²) < 4.78 is 0. The topological polar surface area (TPSA) is 98.1 Å². The number of hydrogen-bond donors (Lipinski definition) is 3. The summed E-state index contributed by atoms with van der Waals surface area (Å²) in [7, 11) is 0. The number of β-amino-alcohol motifs (C(OH)–C–C–N with tert-alkyl or cyclic N) is 1. The van der Waals surface area contributed by atoms with Crippen LogP contribution in [0.4, 0.5) is 0 Å². The lowest BCUT2D eigenvalue weighted by atomic mass is 9.99. The van der Waals surface area contributed by atoms with Gasteiger partial charge in [-0.25, -0.2) is 4.79 Å². The summed E-state index contributed by atoms with van der Waals surface area (Å²) in [5, 5.41) is 28.1. The number of carbonyl (C=O) groups excluding carboxylic acids is 1. The molecule has 108 valence electrons. The molecule has 0 unspecified atom stereocenters. The molecule has 1 aliphatic heterocycles. The van der Waals surface area contributed by atoms with Crippen molar-refractivity contribution < 1.29 is 24.9 Å². The van der Waals surface area contributed by atoms with Crippen LogP contribution >= 0.6 is 0 Å². The Kier molecular flexibility index (Phi) is 4.06. The van der Waals surface area contributed by atoms with Crippen LogP contribution in [0.25, 0.3) is 0 Å². The number of aliphatic hydroxyl groups is 2. The van der Waals surface area contributed by atoms with Crippen molar-refractivity contribution >= 4 is 11.9 Å². The van der Waals surface area contributed by atoms with Crippen molar-refractivity contribution in [3.05, 3.63) is 34.9 Å². The predicted molar refractivity (Wildman–Crippen MR) is 70.7 cm³/mol. The predicted octanol–water partition coefficient (Wildman–Crippen LogP) is 0.261. The van der Waals surface area contributed by atoms with Crippen LogP contribution in [0.15, 0.2) is 18.2 Å². The van der Waals surface area contributed by atoms with Crippen LogP contribution in [0.2, 0.25) is 0 Å². The van der Waals surface area contributed by atoms with Gasteiger partial charge in [0.2, 0.25) is 0 Å². The van der Waals surface area contributed by atoms with Crippen molar-refractivity contribution in [1.82, 2.24) is 4.90 Å². The number of carboxylic acids is 1. The van der Waals surface area contributed by atoms with Gasteiger partial charge >= 0.3 is 5.97 Å². The molecule has 1 aromatic rings. The van der Waals surface area contributed by atoms with E-state index in [0.717, 1.165) is 0 Å². The first kappa shape index (κ1) is 14.5. The van der Waals surface area contributed by atoms with Crippen LogP contribution < -0.4 is 0 Å². The molecule has 1 aliphatic rings. The summed E-state index contributed by atoms with van der Waals surface area (Å²) in [4.78, 5) is 24.9. The van der Waals surface area contributed by atoms with Crippen molar-refractivity contribution in [2.45, 2.75) is 25.6 Å². The Labute approximate surface area is 116 Å². The molecule has 6 heteroatoms. The molecule has 1 fully saturated rings. The van der Waals surface area contributed by atoms with Gasteiger partial charge in [-0.1, -0.05) is 6.07 Å². The fraction of sp³-hybridized carbons (Fsp3) is 0.429. The molecular formula is C14H17NO5. The van der Waals surface area contributed by atoms with E-state index in [1.807, 2.05) is 0 Å². The number of likely N-dealkylation sites (tertiary alicyclic amines) is 1. The van der Waals surface area contributed by atoms with E-state index in [4.69, 9.17) is 5.11 Å². The Morgan fingerprint density at radius 3 is 2.45 bits per heavy atom. The number of carboxylic acid groups (broad SMARTS) is 1. The summed E-state index contributed by atoms with van der Waals surface area (Å²) in [6, 6.07) is 4.55. The van der Waals surface area contributed by atoms with Gasteiger partial charge in [0.15, 0.2) is 0 Å². The molecular weight excluding hydrogens is 262 g/mol. The number of aromatic carboxylic acids is 1. The number of aliphatic hydroxyl groups excluding tert-OH is 2. The second kappa shape index (κ2) is 5.60. The molecule has 6 nitrogen and oxygen atoms in total. The third kappa shape index (κ3) is 2.66. The highest BCUT2D eigenvalue weighted by Crippen LogP contribution is 2.19. The second-order valence-corrected chi connectivity index (χ2v) is 4.96. The lowest BCUT2D eigenvalue weighted by molar-refractivity contribution is -0.0321. The van der Waals surface area contributed by atoms with Crippen molar-refractivity contribution in [2.75, 3.05) is 13.1 Å². The van der Waals surface area contributed by atoms with E-state index in [2.05, 4.69) is 0 Å². The van der Waals surface area contributed by atoms with Crippen molar-refractivity contribution in [3.8, 4) is 0 Å². The lowest BCUT2D eigenvalue weighted by Gasteiger charge is -2.33. The molecule has 20 heavy (non-hydrogen) atoms. The average Bonchev–Trinajstić information content (AvgIpc) is 2.41. The third-order valence-electron chi connectivity index (χ3n) is 3.63. The number of carbonyl (C=O) groups is 2. The lowest BCUT2D eigenvalue weighted by Crippen LogP contribution is -2.49. The summed E-state index contributed by atoms with van der Waals surface area (Å²) in [5.41, 5.74) is 0.813. The van der Waals surface area contributed by atoms with Crippen LogP contribution in [0.3, 0.4) is 0 Å². The smallest absolute Gasteiger partial charge is 0.335 e. The number of hydrogen-bond acceptors (Lipinski definition) is 4. The minimum Gasteiger partial charge on any atom is -0.478 e. The second-order valence-electron chi connectivity index (χ2n) is 4.96. The van der Waals surface area contributed by atoms with E-state index in [1.165, 1.54) is 17.0 Å². The van der Waals surface area contributed by atoms with Crippen LogP contribution in [-0.2, 0) is 0 Å². The fourth-order valence-electron chi connectivity index (χ4n) is 2.37. The Morgan fingerprint density at radius 2 is 1.85 bits per heavy atom. The van der Waals surface area contributed by atoms with Gasteiger partial charge in [0.1, 0.15) is 0 Å². The maximum Gasteiger partial charge on any atom is 0.335 e. The molecule has 3 N–H and O–H groups in total. The molecule has 2 atom stereocenters. The van der Waals surface area contributed by atoms with E-state index in [9.17, 15) is 19.8 Å². The maximum atomic E-state index is 12.4. The summed E-state index contributed by atoms with van der Waals surface area (Å²) in [6.07, 6.45) is -1.47. The van der Waals surface area contributed by atoms with Gasteiger partial charge in [0.25, 0.3) is 5.91 Å². The monoisotopic (exact) mass is 279 g/mol. The third-order valence-corrected chi connectivity index (χ3v) is 3.63. The highest BCUT2D eigenvalue weighted by Gasteiger charge is 2.30. The van der Waals surface area contributed by atoms with Crippen LogP contribution in [-0.4, -0.2) is 57.4 Å². The first-order chi connectivity index (χ1) is 9.41. The van der Waals surface area contributed by atoms with Crippen LogP contribution in [0.1, 0.15) is 32.7 Å². The Morgan fingerprint density at radius 1 is 1.20 bits per heavy atom. The molecule has 0 aromatic heterocycles. The Bertz CT molecular complexity index is 542. The van der Waals surface area contributed by atoms with E-state index in [0.29, 0.717) is 24.1 Å². The van der Waals surface area contributed by atoms with Gasteiger partial charge in [-0.05, 0) is 31.0 Å². The zero-order valence-corrected chi connectivity index (χ0v) is 11.1. The van der Waals surface area contributed by atoms with Crippen molar-refractivity contribution in [3.63, 3.8) is 0 Å². The van der Waals surface area contributed by atoms with Gasteiger partial charge in [-0.3, -0.25) is 4.79 Å². The minimum absolute atomic E-state index is 0.0523. The first-order valence-electron chi connectivity index (χ1n) is 6.40. The summed E-state index contributed by atoms with van der Waals surface area (Å²) >= 11 is 0. The van der Waals surface area contributed by atoms with Crippen LogP contribution in [0.5, 0.6) is 0 Å². The number of rotatable bonds is 2. The summed E-state index contributed by atoms with van der Waals surface area (Å²) in [5.74, 6) is -1.40. The largest absolute Gasteiger partial charge is 0.478 e. The van der Waals surface area contributed by atoms with Gasteiger partial charge in [-0.2, -0.15) is 0 Å². The van der Waals surface area contributed by atoms with Gasteiger partial charge in [-0.15, -0.1) is 0 Å². The van der Waals surface area contributed by atoms with Crippen molar-refractivity contribution in [1.29, 1.82) is 0 Å². The number of piperidine rings is 1. The van der Waals surface area contributed by atoms with Gasteiger partial charge < -0.3 is 20.2 Å². The summed E-state index contributed by atoms with van der Waals surface area (Å²) in [6.45, 7) is 1.98. The van der Waals surface area contributed by atoms with Gasteiger partial charge in [0.05, 0.1) is 17.8 Å². The minimum atomic E-state index is -1.08. The highest BCUT2D eigenvalue weighted by atomic mass is 16.4. The molecule has 1 saturated heterocycles. The molecule has 1 heterocycles. The average molecular weight is 279 g/mol. The van der Waals surface area contributed by atoms with E-state index < -0.39 is 18.2 Å². The van der Waals surface area contributed by atoms with Crippen LogP contribution in [0, 0.1) is 6.92 Å². The van der Waals surface area contributed by atoms with E-state index in [-0.39, 0.29) is 18.0 Å². The van der Waals surface area contributed by atoms with Gasteiger partial charge in [0, 0.05) is 18.7 Å². The molecule has 0 radical (unpaired) electrons. The highest BCUT2D eigenvalue weighted by molar-refractivity contribution is 5.99. The molecule has 1 amide bonds. The Balaban J connectivity index is 2.26. The molecule has 0 spiro atoms. The molecule has 0 bridgehead atoms. The fourth-order valence-corrected chi connectivity index (χ4v) is 2.37. The molecule has 0 aliphatic carbocycles. The number of nitrogens with zero attached hydrogens (tertiary/aromatic N) is 1. The standard InChI is InChI=1S/C14H17NO5/c1-8-9(3-2-4-10(8)14(19)20)13(18)15-6-5-11(16)12(17)7-15/h2-4,11-12,16-17H,5-7H2,1H3,(H,19,20)/t11-,12+/m1/s1. The van der Waals surface area contributed by atoms with E-state index >= 15 is 0 Å². The zero-order chi connectivity index (χ0) is 14.9. The molecule has 2 rings (SSSR count). The van der Waals surface area contributed by atoms with Crippen molar-refractivity contribution in [2.24, 2.45) is 0 Å². The molecule has 1 aromatic carbocycles. The zero-order valence-electron chi connectivity index (χ0n) is 11.1. The molecule has 0 saturated carbocycles.